The molecule has 1 saturated carbocycles. The average molecular weight is 439 g/mol. The standard InChI is InChI=1S/C24H27FN4OS/c1-16-7-12-21(13-17(16)2)29-15-26-28-24(29)31-14-22(30)27-23(18-5-3-4-6-18)19-8-10-20(25)11-9-19/h7-13,15,18,23H,3-6,14H2,1-2H3,(H,27,30). The molecule has 1 heterocycles. The van der Waals surface area contributed by atoms with Crippen LogP contribution in [0, 0.1) is 25.6 Å². The van der Waals surface area contributed by atoms with Gasteiger partial charge < -0.3 is 5.32 Å². The summed E-state index contributed by atoms with van der Waals surface area (Å²) in [5.74, 6) is 0.314. The van der Waals surface area contributed by atoms with Gasteiger partial charge in [-0.15, -0.1) is 10.2 Å². The van der Waals surface area contributed by atoms with Crippen LogP contribution in [0.1, 0.15) is 48.4 Å². The number of carbonyl (C=O) groups excluding carboxylic acids is 1. The highest BCUT2D eigenvalue weighted by Gasteiger charge is 2.28. The van der Waals surface area contributed by atoms with Gasteiger partial charge in [0, 0.05) is 5.69 Å². The Morgan fingerprint density at radius 1 is 1.16 bits per heavy atom. The smallest absolute Gasteiger partial charge is 0.230 e. The van der Waals surface area contributed by atoms with Crippen LogP contribution in [0.2, 0.25) is 0 Å². The zero-order valence-corrected chi connectivity index (χ0v) is 18.7. The third-order valence-corrected chi connectivity index (χ3v) is 6.98. The summed E-state index contributed by atoms with van der Waals surface area (Å²) < 4.78 is 15.3. The molecule has 1 aromatic heterocycles. The van der Waals surface area contributed by atoms with Gasteiger partial charge in [0.15, 0.2) is 5.16 Å². The van der Waals surface area contributed by atoms with Gasteiger partial charge in [0.2, 0.25) is 5.91 Å². The highest BCUT2D eigenvalue weighted by Crippen LogP contribution is 2.36. The van der Waals surface area contributed by atoms with Crippen LogP contribution in [0.4, 0.5) is 4.39 Å². The van der Waals surface area contributed by atoms with Gasteiger partial charge in [-0.3, -0.25) is 9.36 Å². The van der Waals surface area contributed by atoms with Crippen molar-refractivity contribution in [3.63, 3.8) is 0 Å². The van der Waals surface area contributed by atoms with Crippen LogP contribution >= 0.6 is 11.8 Å². The third kappa shape index (κ3) is 5.15. The maximum Gasteiger partial charge on any atom is 0.230 e. The highest BCUT2D eigenvalue weighted by atomic mass is 32.2. The van der Waals surface area contributed by atoms with E-state index in [1.807, 2.05) is 10.6 Å². The molecule has 0 radical (unpaired) electrons. The maximum atomic E-state index is 13.4. The Morgan fingerprint density at radius 3 is 2.61 bits per heavy atom. The number of carbonyl (C=O) groups is 1. The molecule has 0 bridgehead atoms. The van der Waals surface area contributed by atoms with Crippen LogP contribution < -0.4 is 5.32 Å². The minimum Gasteiger partial charge on any atom is -0.348 e. The number of amides is 1. The molecule has 31 heavy (non-hydrogen) atoms. The SMILES string of the molecule is Cc1ccc(-n2cnnc2SCC(=O)NC(c2ccc(F)cc2)C2CCCC2)cc1C. The summed E-state index contributed by atoms with van der Waals surface area (Å²) in [6, 6.07) is 12.6. The molecule has 4 rings (SSSR count). The lowest BCUT2D eigenvalue weighted by Crippen LogP contribution is -2.34. The molecule has 1 aliphatic rings. The predicted octanol–water partition coefficient (Wildman–Crippen LogP) is 5.16. The van der Waals surface area contributed by atoms with Gasteiger partial charge in [-0.2, -0.15) is 0 Å². The number of benzene rings is 2. The largest absolute Gasteiger partial charge is 0.348 e. The molecule has 1 aliphatic carbocycles. The monoisotopic (exact) mass is 438 g/mol. The normalized spacial score (nSPS) is 15.2. The van der Waals surface area contributed by atoms with Crippen molar-refractivity contribution >= 4 is 17.7 Å². The maximum absolute atomic E-state index is 13.4. The van der Waals surface area contributed by atoms with Gasteiger partial charge in [-0.25, -0.2) is 4.39 Å². The van der Waals surface area contributed by atoms with E-state index in [0.29, 0.717) is 11.1 Å². The number of nitrogens with one attached hydrogen (secondary N) is 1. The van der Waals surface area contributed by atoms with Crippen molar-refractivity contribution in [2.75, 3.05) is 5.75 Å². The van der Waals surface area contributed by atoms with Crippen LogP contribution in [0.5, 0.6) is 0 Å². The fraction of sp³-hybridized carbons (Fsp3) is 0.375. The summed E-state index contributed by atoms with van der Waals surface area (Å²) in [5, 5.41) is 12.1. The minimum atomic E-state index is -0.263. The molecule has 3 aromatic rings. The van der Waals surface area contributed by atoms with Crippen molar-refractivity contribution < 1.29 is 9.18 Å². The van der Waals surface area contributed by atoms with Crippen molar-refractivity contribution in [1.82, 2.24) is 20.1 Å². The van der Waals surface area contributed by atoms with Crippen LogP contribution in [0.3, 0.4) is 0 Å². The molecule has 1 unspecified atom stereocenters. The van der Waals surface area contributed by atoms with Gasteiger partial charge in [-0.1, -0.05) is 42.8 Å². The molecule has 0 aliphatic heterocycles. The second kappa shape index (κ2) is 9.64. The second-order valence-corrected chi connectivity index (χ2v) is 9.12. The molecular weight excluding hydrogens is 411 g/mol. The fourth-order valence-corrected chi connectivity index (χ4v) is 4.89. The first-order chi connectivity index (χ1) is 15.0. The number of hydrogen-bond donors (Lipinski definition) is 1. The van der Waals surface area contributed by atoms with E-state index < -0.39 is 0 Å². The lowest BCUT2D eigenvalue weighted by molar-refractivity contribution is -0.119. The van der Waals surface area contributed by atoms with E-state index in [4.69, 9.17) is 0 Å². The van der Waals surface area contributed by atoms with Crippen LogP contribution in [0.25, 0.3) is 5.69 Å². The quantitative estimate of drug-likeness (QED) is 0.518. The first-order valence-electron chi connectivity index (χ1n) is 10.7. The highest BCUT2D eigenvalue weighted by molar-refractivity contribution is 7.99. The number of nitrogens with zero attached hydrogens (tertiary/aromatic N) is 3. The number of rotatable bonds is 7. The molecular formula is C24H27FN4OS. The summed E-state index contributed by atoms with van der Waals surface area (Å²) in [6.45, 7) is 4.15. The first kappa shape index (κ1) is 21.6. The average Bonchev–Trinajstić information content (AvgIpc) is 3.45. The van der Waals surface area contributed by atoms with E-state index in [2.05, 4.69) is 41.5 Å². The molecule has 7 heteroatoms. The Bertz CT molecular complexity index is 1040. The molecule has 2 aromatic carbocycles. The van der Waals surface area contributed by atoms with Crippen LogP contribution in [0.15, 0.2) is 53.9 Å². The minimum absolute atomic E-state index is 0.0548. The first-order valence-corrected chi connectivity index (χ1v) is 11.6. The molecule has 1 amide bonds. The van der Waals surface area contributed by atoms with E-state index >= 15 is 0 Å². The van der Waals surface area contributed by atoms with Crippen molar-refractivity contribution in [3.8, 4) is 5.69 Å². The van der Waals surface area contributed by atoms with Gasteiger partial charge in [0.1, 0.15) is 12.1 Å². The van der Waals surface area contributed by atoms with Gasteiger partial charge >= 0.3 is 0 Å². The van der Waals surface area contributed by atoms with Crippen molar-refractivity contribution in [2.45, 2.75) is 50.7 Å². The number of thioether (sulfide) groups is 1. The number of aromatic nitrogens is 3. The number of halogens is 1. The molecule has 0 saturated heterocycles. The van der Waals surface area contributed by atoms with Gasteiger partial charge in [0.05, 0.1) is 11.8 Å². The molecule has 1 atom stereocenters. The van der Waals surface area contributed by atoms with E-state index in [9.17, 15) is 9.18 Å². The molecule has 1 fully saturated rings. The molecule has 0 spiro atoms. The van der Waals surface area contributed by atoms with Crippen LogP contribution in [-0.2, 0) is 4.79 Å². The number of aryl methyl sites for hydroxylation is 2. The summed E-state index contributed by atoms with van der Waals surface area (Å²) in [7, 11) is 0. The second-order valence-electron chi connectivity index (χ2n) is 8.18. The molecule has 162 valence electrons. The third-order valence-electron chi connectivity index (χ3n) is 6.03. The molecule has 1 N–H and O–H groups in total. The van der Waals surface area contributed by atoms with E-state index in [-0.39, 0.29) is 23.5 Å². The van der Waals surface area contributed by atoms with Gasteiger partial charge in [-0.05, 0) is 73.6 Å². The summed E-state index contributed by atoms with van der Waals surface area (Å²) >= 11 is 1.37. The van der Waals surface area contributed by atoms with Crippen LogP contribution in [-0.4, -0.2) is 26.4 Å². The zero-order chi connectivity index (χ0) is 21.8. The summed E-state index contributed by atoms with van der Waals surface area (Å²) in [5.41, 5.74) is 4.36. The molecule has 5 nitrogen and oxygen atoms in total. The van der Waals surface area contributed by atoms with E-state index in [1.54, 1.807) is 18.5 Å². The summed E-state index contributed by atoms with van der Waals surface area (Å²) in [4.78, 5) is 12.8. The Morgan fingerprint density at radius 2 is 1.90 bits per heavy atom. The van der Waals surface area contributed by atoms with E-state index in [1.165, 1.54) is 47.9 Å². The zero-order valence-electron chi connectivity index (χ0n) is 17.8. The van der Waals surface area contributed by atoms with Crippen molar-refractivity contribution in [3.05, 3.63) is 71.3 Å². The Balaban J connectivity index is 1.44. The predicted molar refractivity (Wildman–Crippen MR) is 121 cm³/mol. The van der Waals surface area contributed by atoms with E-state index in [0.717, 1.165) is 24.1 Å². The van der Waals surface area contributed by atoms with Crippen molar-refractivity contribution in [1.29, 1.82) is 0 Å². The van der Waals surface area contributed by atoms with Crippen molar-refractivity contribution in [2.24, 2.45) is 5.92 Å². The summed E-state index contributed by atoms with van der Waals surface area (Å²) in [6.07, 6.45) is 6.18. The Hall–Kier alpha value is -2.67. The lowest BCUT2D eigenvalue weighted by Gasteiger charge is -2.25. The van der Waals surface area contributed by atoms with Gasteiger partial charge in [0.25, 0.3) is 0 Å². The fourth-order valence-electron chi connectivity index (χ4n) is 4.15. The Labute approximate surface area is 186 Å². The lowest BCUT2D eigenvalue weighted by atomic mass is 9.91. The number of hydrogen-bond acceptors (Lipinski definition) is 4. The topological polar surface area (TPSA) is 59.8 Å². The Kier molecular flexibility index (Phi) is 6.70.